The Morgan fingerprint density at radius 1 is 0.491 bits per heavy atom. The normalized spacial score (nSPS) is 13.9. The molecule has 0 bridgehead atoms. The minimum Gasteiger partial charge on any atom is -0.438 e. The molecule has 13 rings (SSSR count). The second kappa shape index (κ2) is 10.7. The standard InChI is InChI=1S/C51H31N3O/c1-2-14-32-28-33(25-24-30(32)12-1)40-19-11-22-43(47-37-18-7-10-23-45(37)55-51(47)52-40)54-44-27-26-31-13-3-4-15-34(31)46(44)39-29-38-35-16-5-8-20-41(35)53-42-21-9-6-17-36(42)48(49(38)53)50(39)54/h1-10,12-18,20-29H,11,19H2. The summed E-state index contributed by atoms with van der Waals surface area (Å²) >= 11 is 0. The summed E-state index contributed by atoms with van der Waals surface area (Å²) in [4.78, 5) is 5.44. The quantitative estimate of drug-likeness (QED) is 0.177. The van der Waals surface area contributed by atoms with E-state index in [1.165, 1.54) is 81.4 Å². The van der Waals surface area contributed by atoms with Gasteiger partial charge in [0.1, 0.15) is 5.58 Å². The van der Waals surface area contributed by atoms with E-state index >= 15 is 0 Å². The Kier molecular flexibility index (Phi) is 5.71. The molecule has 0 aliphatic carbocycles. The van der Waals surface area contributed by atoms with Crippen molar-refractivity contribution in [2.75, 3.05) is 0 Å². The fraction of sp³-hybridized carbons (Fsp3) is 0.0392. The van der Waals surface area contributed by atoms with Crippen molar-refractivity contribution in [2.45, 2.75) is 12.8 Å². The van der Waals surface area contributed by atoms with Crippen LogP contribution in [0.4, 0.5) is 5.88 Å². The maximum atomic E-state index is 6.78. The third-order valence-electron chi connectivity index (χ3n) is 12.1. The predicted octanol–water partition coefficient (Wildman–Crippen LogP) is 13.8. The number of aliphatic imine (C=N–C) groups is 1. The van der Waals surface area contributed by atoms with Gasteiger partial charge in [-0.2, -0.15) is 0 Å². The van der Waals surface area contributed by atoms with Crippen LogP contribution in [0.25, 0.3) is 98.1 Å². The van der Waals surface area contributed by atoms with Crippen molar-refractivity contribution < 1.29 is 4.42 Å². The molecule has 12 aromatic rings. The van der Waals surface area contributed by atoms with E-state index in [1.54, 1.807) is 0 Å². The zero-order chi connectivity index (χ0) is 35.8. The van der Waals surface area contributed by atoms with Crippen LogP contribution in [-0.2, 0) is 0 Å². The number of para-hydroxylation sites is 3. The first-order valence-electron chi connectivity index (χ1n) is 19.1. The van der Waals surface area contributed by atoms with Crippen molar-refractivity contribution in [1.82, 2.24) is 8.97 Å². The van der Waals surface area contributed by atoms with Crippen LogP contribution in [0.2, 0.25) is 0 Å². The third kappa shape index (κ3) is 3.88. The summed E-state index contributed by atoms with van der Waals surface area (Å²) in [5, 5.41) is 13.6. The number of nitrogens with zero attached hydrogens (tertiary/aromatic N) is 3. The lowest BCUT2D eigenvalue weighted by Gasteiger charge is -2.17. The van der Waals surface area contributed by atoms with E-state index in [0.29, 0.717) is 5.88 Å². The first-order chi connectivity index (χ1) is 27.3. The third-order valence-corrected chi connectivity index (χ3v) is 12.1. The Morgan fingerprint density at radius 3 is 2.05 bits per heavy atom. The van der Waals surface area contributed by atoms with Crippen LogP contribution in [0.5, 0.6) is 0 Å². The maximum absolute atomic E-state index is 6.78. The number of benzene rings is 8. The highest BCUT2D eigenvalue weighted by Gasteiger charge is 2.29. The lowest BCUT2D eigenvalue weighted by Crippen LogP contribution is -2.05. The van der Waals surface area contributed by atoms with Gasteiger partial charge >= 0.3 is 0 Å². The van der Waals surface area contributed by atoms with E-state index in [2.05, 4.69) is 173 Å². The Balaban J connectivity index is 1.20. The lowest BCUT2D eigenvalue weighted by molar-refractivity contribution is 0.624. The molecular weight excluding hydrogens is 671 g/mol. The Hall–Kier alpha value is -7.17. The van der Waals surface area contributed by atoms with Crippen molar-refractivity contribution in [3.8, 4) is 0 Å². The van der Waals surface area contributed by atoms with Gasteiger partial charge in [-0.25, -0.2) is 4.99 Å². The summed E-state index contributed by atoms with van der Waals surface area (Å²) in [6.45, 7) is 0. The summed E-state index contributed by atoms with van der Waals surface area (Å²) in [5.41, 5.74) is 11.3. The van der Waals surface area contributed by atoms with Gasteiger partial charge in [0.15, 0.2) is 0 Å². The highest BCUT2D eigenvalue weighted by molar-refractivity contribution is 6.36. The molecular formula is C51H31N3O. The Bertz CT molecular complexity index is 3660. The molecule has 1 aliphatic rings. The molecule has 8 aromatic carbocycles. The number of rotatable bonds is 2. The van der Waals surface area contributed by atoms with Crippen molar-refractivity contribution in [3.05, 3.63) is 175 Å². The molecule has 55 heavy (non-hydrogen) atoms. The van der Waals surface area contributed by atoms with Gasteiger partial charge in [-0.15, -0.1) is 0 Å². The zero-order valence-corrected chi connectivity index (χ0v) is 29.8. The molecule has 0 N–H and O–H groups in total. The van der Waals surface area contributed by atoms with Gasteiger partial charge in [0.05, 0.1) is 44.6 Å². The first kappa shape index (κ1) is 29.3. The maximum Gasteiger partial charge on any atom is 0.229 e. The fourth-order valence-corrected chi connectivity index (χ4v) is 9.79. The second-order valence-corrected chi connectivity index (χ2v) is 15.0. The van der Waals surface area contributed by atoms with E-state index in [-0.39, 0.29) is 0 Å². The molecule has 0 spiro atoms. The van der Waals surface area contributed by atoms with Gasteiger partial charge in [0.25, 0.3) is 0 Å². The average Bonchev–Trinajstić information content (AvgIpc) is 3.96. The van der Waals surface area contributed by atoms with Crippen molar-refractivity contribution in [2.24, 2.45) is 4.99 Å². The Labute approximate surface area is 314 Å². The molecule has 0 fully saturated rings. The molecule has 4 aromatic heterocycles. The van der Waals surface area contributed by atoms with Gasteiger partial charge in [-0.3, -0.25) is 0 Å². The molecule has 1 aliphatic heterocycles. The lowest BCUT2D eigenvalue weighted by atomic mass is 9.98. The fourth-order valence-electron chi connectivity index (χ4n) is 9.79. The smallest absolute Gasteiger partial charge is 0.229 e. The van der Waals surface area contributed by atoms with Crippen LogP contribution in [-0.4, -0.2) is 14.7 Å². The van der Waals surface area contributed by atoms with Crippen molar-refractivity contribution >= 4 is 110 Å². The number of hydrogen-bond acceptors (Lipinski definition) is 2. The van der Waals surface area contributed by atoms with Crippen molar-refractivity contribution in [3.63, 3.8) is 0 Å². The molecule has 256 valence electrons. The van der Waals surface area contributed by atoms with Gasteiger partial charge in [-0.1, -0.05) is 127 Å². The zero-order valence-electron chi connectivity index (χ0n) is 29.8. The SMILES string of the molecule is C1=C(n2c3ccc4ccccc4c3c3cc4c5ccccc5n5c6ccccc6c(c32)c45)c2c(oc3ccccc23)N=C(c2ccc3ccccc3c2)CC1. The molecule has 0 atom stereocenters. The summed E-state index contributed by atoms with van der Waals surface area (Å²) < 4.78 is 11.8. The predicted molar refractivity (Wildman–Crippen MR) is 231 cm³/mol. The van der Waals surface area contributed by atoms with E-state index < -0.39 is 0 Å². The molecule has 0 unspecified atom stereocenters. The molecule has 0 saturated carbocycles. The largest absolute Gasteiger partial charge is 0.438 e. The summed E-state index contributed by atoms with van der Waals surface area (Å²) in [6, 6.07) is 57.3. The highest BCUT2D eigenvalue weighted by Crippen LogP contribution is 2.50. The topological polar surface area (TPSA) is 34.8 Å². The highest BCUT2D eigenvalue weighted by atomic mass is 16.3. The van der Waals surface area contributed by atoms with E-state index in [9.17, 15) is 0 Å². The van der Waals surface area contributed by atoms with Crippen LogP contribution in [0.3, 0.4) is 0 Å². The minimum atomic E-state index is 0.651. The molecule has 4 nitrogen and oxygen atoms in total. The van der Waals surface area contributed by atoms with Crippen LogP contribution < -0.4 is 0 Å². The average molecular weight is 702 g/mol. The van der Waals surface area contributed by atoms with Crippen LogP contribution in [0, 0.1) is 0 Å². The number of aromatic nitrogens is 2. The molecule has 4 heteroatoms. The van der Waals surface area contributed by atoms with E-state index in [1.807, 2.05) is 0 Å². The van der Waals surface area contributed by atoms with E-state index in [0.717, 1.165) is 46.3 Å². The summed E-state index contributed by atoms with van der Waals surface area (Å²) in [6.07, 6.45) is 4.05. The van der Waals surface area contributed by atoms with Crippen LogP contribution in [0.1, 0.15) is 24.0 Å². The van der Waals surface area contributed by atoms with Gasteiger partial charge < -0.3 is 13.4 Å². The minimum absolute atomic E-state index is 0.651. The number of fused-ring (bicyclic) bond motifs is 16. The second-order valence-electron chi connectivity index (χ2n) is 15.0. The van der Waals surface area contributed by atoms with Gasteiger partial charge in [0, 0.05) is 37.7 Å². The molecule has 0 saturated heterocycles. The van der Waals surface area contributed by atoms with E-state index in [4.69, 9.17) is 9.41 Å². The molecule has 5 heterocycles. The first-order valence-corrected chi connectivity index (χ1v) is 19.1. The monoisotopic (exact) mass is 701 g/mol. The molecule has 0 radical (unpaired) electrons. The number of allylic oxidation sites excluding steroid dienone is 1. The van der Waals surface area contributed by atoms with Crippen LogP contribution >= 0.6 is 0 Å². The summed E-state index contributed by atoms with van der Waals surface area (Å²) in [7, 11) is 0. The van der Waals surface area contributed by atoms with Crippen molar-refractivity contribution in [1.29, 1.82) is 0 Å². The number of furan rings is 1. The Morgan fingerprint density at radius 2 is 1.18 bits per heavy atom. The number of hydrogen-bond donors (Lipinski definition) is 0. The van der Waals surface area contributed by atoms with Crippen LogP contribution in [0.15, 0.2) is 173 Å². The van der Waals surface area contributed by atoms with Gasteiger partial charge in [0.2, 0.25) is 5.88 Å². The van der Waals surface area contributed by atoms with Gasteiger partial charge in [-0.05, 0) is 76.3 Å². The summed E-state index contributed by atoms with van der Waals surface area (Å²) in [5.74, 6) is 0.651. The molecule has 0 amide bonds.